The van der Waals surface area contributed by atoms with Crippen LogP contribution in [0.25, 0.3) is 0 Å². The van der Waals surface area contributed by atoms with Crippen LogP contribution in [0.15, 0.2) is 0 Å². The van der Waals surface area contributed by atoms with Gasteiger partial charge in [-0.2, -0.15) is 0 Å². The van der Waals surface area contributed by atoms with Gasteiger partial charge in [-0.25, -0.2) is 0 Å². The molecule has 5 nitrogen and oxygen atoms in total. The first kappa shape index (κ1) is 16.7. The lowest BCUT2D eigenvalue weighted by Gasteiger charge is -2.36. The summed E-state index contributed by atoms with van der Waals surface area (Å²) in [4.78, 5) is 11.7. The summed E-state index contributed by atoms with van der Waals surface area (Å²) in [7, 11) is 0. The lowest BCUT2D eigenvalue weighted by Crippen LogP contribution is -2.46. The normalized spacial score (nSPS) is 31.0. The number of ether oxygens (including phenoxy) is 2. The number of nitrogens with one attached hydrogen (secondary N) is 1. The zero-order valence-electron chi connectivity index (χ0n) is 13.1. The van der Waals surface area contributed by atoms with Crippen LogP contribution in [-0.2, 0) is 14.3 Å². The third-order valence-electron chi connectivity index (χ3n) is 4.76. The number of aliphatic hydroxyl groups is 1. The fraction of sp³-hybridized carbons (Fsp3) is 0.938. The van der Waals surface area contributed by atoms with Crippen LogP contribution in [0.5, 0.6) is 0 Å². The van der Waals surface area contributed by atoms with Gasteiger partial charge >= 0.3 is 5.97 Å². The molecule has 0 unspecified atom stereocenters. The smallest absolute Gasteiger partial charge is 0.308 e. The first-order valence-corrected chi connectivity index (χ1v) is 8.30. The van der Waals surface area contributed by atoms with Gasteiger partial charge in [0, 0.05) is 19.8 Å². The van der Waals surface area contributed by atoms with Crippen LogP contribution in [0.1, 0.15) is 45.4 Å². The Balaban J connectivity index is 1.65. The topological polar surface area (TPSA) is 67.8 Å². The van der Waals surface area contributed by atoms with Crippen LogP contribution in [0, 0.1) is 11.8 Å². The van der Waals surface area contributed by atoms with Crippen molar-refractivity contribution >= 4 is 5.97 Å². The molecule has 0 aromatic heterocycles. The molecule has 0 spiro atoms. The fourth-order valence-electron chi connectivity index (χ4n) is 3.29. The molecular formula is C16H29NO4. The summed E-state index contributed by atoms with van der Waals surface area (Å²) >= 11 is 0. The van der Waals surface area contributed by atoms with Gasteiger partial charge in [-0.15, -0.1) is 0 Å². The van der Waals surface area contributed by atoms with Gasteiger partial charge in [-0.3, -0.25) is 4.79 Å². The van der Waals surface area contributed by atoms with E-state index in [9.17, 15) is 9.90 Å². The van der Waals surface area contributed by atoms with E-state index in [0.717, 1.165) is 45.4 Å². The van der Waals surface area contributed by atoms with Crippen molar-refractivity contribution < 1.29 is 19.4 Å². The van der Waals surface area contributed by atoms with E-state index in [-0.39, 0.29) is 11.9 Å². The number of carbonyl (C=O) groups excluding carboxylic acids is 1. The third kappa shape index (κ3) is 5.24. The zero-order chi connectivity index (χ0) is 15.1. The summed E-state index contributed by atoms with van der Waals surface area (Å²) in [6, 6.07) is 0. The van der Waals surface area contributed by atoms with Gasteiger partial charge in [0.2, 0.25) is 0 Å². The molecule has 2 rings (SSSR count). The minimum atomic E-state index is -0.659. The van der Waals surface area contributed by atoms with Crippen molar-refractivity contribution in [3.8, 4) is 0 Å². The lowest BCUT2D eigenvalue weighted by atomic mass is 9.78. The Kier molecular flexibility index (Phi) is 6.45. The highest BCUT2D eigenvalue weighted by atomic mass is 16.5. The van der Waals surface area contributed by atoms with E-state index in [0.29, 0.717) is 31.9 Å². The van der Waals surface area contributed by atoms with Crippen molar-refractivity contribution in [1.29, 1.82) is 0 Å². The van der Waals surface area contributed by atoms with Crippen LogP contribution in [-0.4, -0.2) is 49.6 Å². The summed E-state index contributed by atoms with van der Waals surface area (Å²) in [6.45, 7) is 5.56. The number of rotatable bonds is 6. The summed E-state index contributed by atoms with van der Waals surface area (Å²) in [5.74, 6) is 0.536. The van der Waals surface area contributed by atoms with Gasteiger partial charge in [-0.05, 0) is 57.9 Å². The van der Waals surface area contributed by atoms with Crippen LogP contribution in [0.4, 0.5) is 0 Å². The minimum absolute atomic E-state index is 0.0271. The van der Waals surface area contributed by atoms with Gasteiger partial charge in [-0.1, -0.05) is 0 Å². The molecule has 0 aromatic rings. The standard InChI is InChI=1S/C16H29NO4/c1-2-21-15(18)14-3-7-16(19,8-4-14)12-17-11-13-5-9-20-10-6-13/h13-14,17,19H,2-12H2,1H3. The van der Waals surface area contributed by atoms with E-state index in [4.69, 9.17) is 9.47 Å². The van der Waals surface area contributed by atoms with Crippen LogP contribution >= 0.6 is 0 Å². The largest absolute Gasteiger partial charge is 0.466 e. The maximum Gasteiger partial charge on any atom is 0.308 e. The molecule has 2 N–H and O–H groups in total. The molecule has 0 bridgehead atoms. The molecular weight excluding hydrogens is 270 g/mol. The Labute approximate surface area is 127 Å². The molecule has 0 amide bonds. The van der Waals surface area contributed by atoms with Gasteiger partial charge in [0.25, 0.3) is 0 Å². The quantitative estimate of drug-likeness (QED) is 0.727. The van der Waals surface area contributed by atoms with E-state index >= 15 is 0 Å². The Hall–Kier alpha value is -0.650. The predicted octanol–water partition coefficient (Wildman–Crippen LogP) is 1.49. The van der Waals surface area contributed by atoms with Crippen LogP contribution in [0.2, 0.25) is 0 Å². The fourth-order valence-corrected chi connectivity index (χ4v) is 3.29. The number of hydrogen-bond donors (Lipinski definition) is 2. The molecule has 1 heterocycles. The molecule has 2 fully saturated rings. The summed E-state index contributed by atoms with van der Waals surface area (Å²) < 4.78 is 10.4. The molecule has 0 aromatic carbocycles. The van der Waals surface area contributed by atoms with Gasteiger partial charge < -0.3 is 19.9 Å². The lowest BCUT2D eigenvalue weighted by molar-refractivity contribution is -0.151. The molecule has 5 heteroatoms. The maximum absolute atomic E-state index is 11.7. The molecule has 0 radical (unpaired) electrons. The van der Waals surface area contributed by atoms with Crippen molar-refractivity contribution in [1.82, 2.24) is 5.32 Å². The van der Waals surface area contributed by atoms with E-state index in [1.807, 2.05) is 6.92 Å². The maximum atomic E-state index is 11.7. The van der Waals surface area contributed by atoms with Crippen molar-refractivity contribution in [3.05, 3.63) is 0 Å². The van der Waals surface area contributed by atoms with E-state index < -0.39 is 5.60 Å². The second-order valence-electron chi connectivity index (χ2n) is 6.44. The van der Waals surface area contributed by atoms with Crippen LogP contribution in [0.3, 0.4) is 0 Å². The van der Waals surface area contributed by atoms with Crippen molar-refractivity contribution in [2.45, 2.75) is 51.0 Å². The molecule has 1 aliphatic heterocycles. The molecule has 1 aliphatic carbocycles. The van der Waals surface area contributed by atoms with E-state index in [2.05, 4.69) is 5.32 Å². The number of esters is 1. The highest BCUT2D eigenvalue weighted by molar-refractivity contribution is 5.72. The Morgan fingerprint density at radius 1 is 1.29 bits per heavy atom. The Morgan fingerprint density at radius 2 is 1.95 bits per heavy atom. The summed E-state index contributed by atoms with van der Waals surface area (Å²) in [5, 5.41) is 14.0. The van der Waals surface area contributed by atoms with E-state index in [1.165, 1.54) is 0 Å². The van der Waals surface area contributed by atoms with Gasteiger partial charge in [0.15, 0.2) is 0 Å². The third-order valence-corrected chi connectivity index (χ3v) is 4.76. The number of carbonyl (C=O) groups is 1. The van der Waals surface area contributed by atoms with Crippen molar-refractivity contribution in [2.75, 3.05) is 32.9 Å². The highest BCUT2D eigenvalue weighted by Crippen LogP contribution is 2.32. The zero-order valence-corrected chi connectivity index (χ0v) is 13.1. The van der Waals surface area contributed by atoms with Gasteiger partial charge in [0.05, 0.1) is 18.1 Å². The summed E-state index contributed by atoms with van der Waals surface area (Å²) in [6.07, 6.45) is 5.03. The Morgan fingerprint density at radius 3 is 2.57 bits per heavy atom. The molecule has 2 aliphatic rings. The molecule has 21 heavy (non-hydrogen) atoms. The molecule has 1 saturated carbocycles. The molecule has 0 atom stereocenters. The average molecular weight is 299 g/mol. The van der Waals surface area contributed by atoms with Gasteiger partial charge in [0.1, 0.15) is 0 Å². The summed E-state index contributed by atoms with van der Waals surface area (Å²) in [5.41, 5.74) is -0.659. The Bertz CT molecular complexity index is 320. The molecule has 1 saturated heterocycles. The predicted molar refractivity (Wildman–Crippen MR) is 80.0 cm³/mol. The second-order valence-corrected chi connectivity index (χ2v) is 6.44. The SMILES string of the molecule is CCOC(=O)C1CCC(O)(CNCC2CCOCC2)CC1. The van der Waals surface area contributed by atoms with Crippen LogP contribution < -0.4 is 5.32 Å². The molecule has 122 valence electrons. The second kappa shape index (κ2) is 8.11. The van der Waals surface area contributed by atoms with Crippen molar-refractivity contribution in [2.24, 2.45) is 11.8 Å². The minimum Gasteiger partial charge on any atom is -0.466 e. The first-order chi connectivity index (χ1) is 10.1. The highest BCUT2D eigenvalue weighted by Gasteiger charge is 2.36. The van der Waals surface area contributed by atoms with E-state index in [1.54, 1.807) is 0 Å². The number of hydrogen-bond acceptors (Lipinski definition) is 5. The first-order valence-electron chi connectivity index (χ1n) is 8.30. The average Bonchev–Trinajstić information content (AvgIpc) is 2.49. The van der Waals surface area contributed by atoms with Crippen molar-refractivity contribution in [3.63, 3.8) is 0 Å². The monoisotopic (exact) mass is 299 g/mol.